The van der Waals surface area contributed by atoms with E-state index in [0.29, 0.717) is 5.82 Å². The van der Waals surface area contributed by atoms with Crippen molar-refractivity contribution >= 4 is 43.2 Å². The average Bonchev–Trinajstić information content (AvgIpc) is 3.23. The van der Waals surface area contributed by atoms with Gasteiger partial charge in [-0.25, -0.2) is 15.0 Å². The van der Waals surface area contributed by atoms with E-state index in [1.54, 1.807) is 0 Å². The molecule has 10 rings (SSSR count). The van der Waals surface area contributed by atoms with Crippen molar-refractivity contribution in [2.24, 2.45) is 0 Å². The first kappa shape index (κ1) is 29.9. The van der Waals surface area contributed by atoms with Crippen LogP contribution < -0.4 is 0 Å². The lowest BCUT2D eigenvalue weighted by Crippen LogP contribution is -1.99. The van der Waals surface area contributed by atoms with E-state index in [-0.39, 0.29) is 0 Å². The fourth-order valence-electron chi connectivity index (χ4n) is 7.76. The zero-order valence-corrected chi connectivity index (χ0v) is 28.2. The molecule has 8 aromatic carbocycles. The van der Waals surface area contributed by atoms with Crippen molar-refractivity contribution in [2.75, 3.05) is 0 Å². The molecule has 3 nitrogen and oxygen atoms in total. The maximum Gasteiger partial charge on any atom is 0.160 e. The Morgan fingerprint density at radius 3 is 1.42 bits per heavy atom. The van der Waals surface area contributed by atoms with Crippen molar-refractivity contribution in [1.29, 1.82) is 0 Å². The number of nitrogens with zero attached hydrogens (tertiary/aromatic N) is 3. The molecule has 0 N–H and O–H groups in total. The number of hydrogen-bond acceptors (Lipinski definition) is 3. The molecule has 0 bridgehead atoms. The van der Waals surface area contributed by atoms with Crippen molar-refractivity contribution in [3.05, 3.63) is 188 Å². The number of benzene rings is 8. The molecule has 0 aliphatic carbocycles. The van der Waals surface area contributed by atoms with Crippen molar-refractivity contribution in [1.82, 2.24) is 15.0 Å². The molecule has 0 saturated carbocycles. The number of pyridine rings is 1. The number of aromatic nitrogens is 3. The molecule has 0 unspecified atom stereocenters. The van der Waals surface area contributed by atoms with Crippen LogP contribution in [0.1, 0.15) is 0 Å². The molecular formula is C49H31N3. The van der Waals surface area contributed by atoms with Gasteiger partial charge < -0.3 is 0 Å². The highest BCUT2D eigenvalue weighted by Crippen LogP contribution is 2.47. The fourth-order valence-corrected chi connectivity index (χ4v) is 7.76. The Morgan fingerprint density at radius 2 is 0.788 bits per heavy atom. The quantitative estimate of drug-likeness (QED) is 0.136. The SMILES string of the molecule is c1ccc(-c2cc(-c3c4ccccc4c(-c4nc5ccccc5c5c(-c6ccccc6)cccc45)c4ccccc34)nc(-c3ccccc3)n2)cc1. The van der Waals surface area contributed by atoms with Crippen molar-refractivity contribution < 1.29 is 0 Å². The summed E-state index contributed by atoms with van der Waals surface area (Å²) >= 11 is 0. The van der Waals surface area contributed by atoms with Gasteiger partial charge in [-0.1, -0.05) is 176 Å². The predicted octanol–water partition coefficient (Wildman–Crippen LogP) is 12.8. The third-order valence-electron chi connectivity index (χ3n) is 10.1. The number of rotatable bonds is 5. The van der Waals surface area contributed by atoms with E-state index < -0.39 is 0 Å². The van der Waals surface area contributed by atoms with E-state index in [4.69, 9.17) is 15.0 Å². The summed E-state index contributed by atoms with van der Waals surface area (Å²) in [4.78, 5) is 15.9. The lowest BCUT2D eigenvalue weighted by atomic mass is 9.86. The topological polar surface area (TPSA) is 38.7 Å². The molecule has 52 heavy (non-hydrogen) atoms. The second kappa shape index (κ2) is 12.4. The molecular weight excluding hydrogens is 631 g/mol. The number of fused-ring (bicyclic) bond motifs is 5. The van der Waals surface area contributed by atoms with E-state index in [9.17, 15) is 0 Å². The fraction of sp³-hybridized carbons (Fsp3) is 0. The standard InChI is InChI=1S/C49H31N3/c1-4-17-32(18-5-1)35-28-16-29-41-45(35)40-27-14-15-30-42(40)50-48(41)47-38-25-12-10-23-36(38)46(37-24-11-13-26-39(37)47)44-31-43(33-19-6-2-7-20-33)51-49(52-44)34-21-8-3-9-22-34/h1-31H. The molecule has 0 aliphatic heterocycles. The summed E-state index contributed by atoms with van der Waals surface area (Å²) in [5, 5.41) is 7.99. The molecule has 0 amide bonds. The highest BCUT2D eigenvalue weighted by atomic mass is 14.9. The van der Waals surface area contributed by atoms with Crippen LogP contribution in [0.3, 0.4) is 0 Å². The lowest BCUT2D eigenvalue weighted by Gasteiger charge is -2.20. The Morgan fingerprint density at radius 1 is 0.308 bits per heavy atom. The van der Waals surface area contributed by atoms with Crippen LogP contribution in [0.4, 0.5) is 0 Å². The van der Waals surface area contributed by atoms with Gasteiger partial charge in [-0.2, -0.15) is 0 Å². The molecule has 0 spiro atoms. The zero-order valence-electron chi connectivity index (χ0n) is 28.2. The molecule has 0 aliphatic rings. The van der Waals surface area contributed by atoms with Gasteiger partial charge in [-0.3, -0.25) is 0 Å². The first-order valence-corrected chi connectivity index (χ1v) is 17.6. The van der Waals surface area contributed by atoms with Crippen LogP contribution in [0.2, 0.25) is 0 Å². The van der Waals surface area contributed by atoms with Gasteiger partial charge in [0.2, 0.25) is 0 Å². The van der Waals surface area contributed by atoms with Crippen molar-refractivity contribution in [3.8, 4) is 56.3 Å². The minimum Gasteiger partial charge on any atom is -0.247 e. The van der Waals surface area contributed by atoms with Crippen LogP contribution in [-0.2, 0) is 0 Å². The van der Waals surface area contributed by atoms with Crippen molar-refractivity contribution in [2.45, 2.75) is 0 Å². The van der Waals surface area contributed by atoms with Gasteiger partial charge in [0.15, 0.2) is 5.82 Å². The normalized spacial score (nSPS) is 11.5. The van der Waals surface area contributed by atoms with Crippen LogP contribution in [0, 0.1) is 0 Å². The second-order valence-electron chi connectivity index (χ2n) is 13.1. The molecule has 3 heteroatoms. The number of para-hydroxylation sites is 1. The summed E-state index contributed by atoms with van der Waals surface area (Å²) in [6, 6.07) is 66.1. The largest absolute Gasteiger partial charge is 0.247 e. The Kier molecular flexibility index (Phi) is 7.14. The summed E-state index contributed by atoms with van der Waals surface area (Å²) in [5.41, 5.74) is 10.3. The number of hydrogen-bond donors (Lipinski definition) is 0. The maximum absolute atomic E-state index is 5.49. The molecule has 242 valence electrons. The molecule has 0 radical (unpaired) electrons. The monoisotopic (exact) mass is 661 g/mol. The summed E-state index contributed by atoms with van der Waals surface area (Å²) in [7, 11) is 0. The molecule has 2 aromatic heterocycles. The Labute approximate surface area is 301 Å². The van der Waals surface area contributed by atoms with Crippen LogP contribution in [0.25, 0.3) is 99.5 Å². The molecule has 10 aromatic rings. The summed E-state index contributed by atoms with van der Waals surface area (Å²) < 4.78 is 0. The summed E-state index contributed by atoms with van der Waals surface area (Å²) in [6.07, 6.45) is 0. The third-order valence-corrected chi connectivity index (χ3v) is 10.1. The van der Waals surface area contributed by atoms with Gasteiger partial charge in [0.25, 0.3) is 0 Å². The van der Waals surface area contributed by atoms with Crippen LogP contribution in [0.5, 0.6) is 0 Å². The van der Waals surface area contributed by atoms with Crippen LogP contribution in [0.15, 0.2) is 188 Å². The van der Waals surface area contributed by atoms with E-state index in [1.807, 2.05) is 24.3 Å². The minimum absolute atomic E-state index is 0.699. The maximum atomic E-state index is 5.49. The van der Waals surface area contributed by atoms with Gasteiger partial charge in [-0.05, 0) is 44.8 Å². The third kappa shape index (κ3) is 4.94. The summed E-state index contributed by atoms with van der Waals surface area (Å²) in [6.45, 7) is 0. The molecule has 0 atom stereocenters. The van der Waals surface area contributed by atoms with E-state index >= 15 is 0 Å². The van der Waals surface area contributed by atoms with Gasteiger partial charge in [0, 0.05) is 38.4 Å². The Bertz CT molecular complexity index is 2820. The zero-order chi connectivity index (χ0) is 34.4. The van der Waals surface area contributed by atoms with Crippen molar-refractivity contribution in [3.63, 3.8) is 0 Å². The van der Waals surface area contributed by atoms with E-state index in [0.717, 1.165) is 77.2 Å². The van der Waals surface area contributed by atoms with Crippen LogP contribution in [-0.4, -0.2) is 15.0 Å². The Balaban J connectivity index is 1.32. The van der Waals surface area contributed by atoms with E-state index in [1.165, 1.54) is 16.5 Å². The smallest absolute Gasteiger partial charge is 0.160 e. The second-order valence-corrected chi connectivity index (χ2v) is 13.1. The highest BCUT2D eigenvalue weighted by Gasteiger charge is 2.22. The minimum atomic E-state index is 0.699. The van der Waals surface area contributed by atoms with Gasteiger partial charge >= 0.3 is 0 Å². The van der Waals surface area contributed by atoms with Gasteiger partial charge in [0.05, 0.1) is 22.6 Å². The lowest BCUT2D eigenvalue weighted by molar-refractivity contribution is 1.19. The van der Waals surface area contributed by atoms with E-state index in [2.05, 4.69) is 164 Å². The van der Waals surface area contributed by atoms with Gasteiger partial charge in [-0.15, -0.1) is 0 Å². The first-order valence-electron chi connectivity index (χ1n) is 17.6. The molecule has 0 saturated heterocycles. The van der Waals surface area contributed by atoms with Gasteiger partial charge in [0.1, 0.15) is 0 Å². The summed E-state index contributed by atoms with van der Waals surface area (Å²) in [5.74, 6) is 0.699. The molecule has 0 fully saturated rings. The average molecular weight is 662 g/mol. The first-order chi connectivity index (χ1) is 25.8. The molecule has 2 heterocycles. The van der Waals surface area contributed by atoms with Crippen LogP contribution >= 0.6 is 0 Å². The Hall–Kier alpha value is -6.97. The highest BCUT2D eigenvalue weighted by molar-refractivity contribution is 6.25. The predicted molar refractivity (Wildman–Crippen MR) is 217 cm³/mol.